The van der Waals surface area contributed by atoms with Crippen molar-refractivity contribution in [2.75, 3.05) is 52.7 Å². The van der Waals surface area contributed by atoms with Gasteiger partial charge in [-0.1, -0.05) is 5.11 Å². The topological polar surface area (TPSA) is 114 Å². The maximum Gasteiger partial charge on any atom is 0.269 e. The minimum atomic E-state index is -0.375. The molecule has 11 heteroatoms. The molecule has 0 bridgehead atoms. The standard InChI is InChI=1S/C12H16Br2N4O5/c13-9-10(14)12(20)18(11(9)19)2-4-22-6-8-23-7-5-21-3-1-16-17-15/h1-8H2. The Morgan fingerprint density at radius 1 is 0.913 bits per heavy atom. The lowest BCUT2D eigenvalue weighted by molar-refractivity contribution is -0.137. The molecule has 0 aromatic rings. The van der Waals surface area contributed by atoms with Crippen molar-refractivity contribution < 1.29 is 23.8 Å². The Morgan fingerprint density at radius 2 is 1.39 bits per heavy atom. The summed E-state index contributed by atoms with van der Waals surface area (Å²) in [4.78, 5) is 27.1. The molecule has 0 fully saturated rings. The average molecular weight is 456 g/mol. The maximum absolute atomic E-state index is 11.7. The predicted molar refractivity (Wildman–Crippen MR) is 88.1 cm³/mol. The minimum absolute atomic E-state index is 0.185. The van der Waals surface area contributed by atoms with Crippen molar-refractivity contribution in [3.8, 4) is 0 Å². The van der Waals surface area contributed by atoms with Gasteiger partial charge in [-0.3, -0.25) is 14.5 Å². The van der Waals surface area contributed by atoms with E-state index in [9.17, 15) is 9.59 Å². The fraction of sp³-hybridized carbons (Fsp3) is 0.667. The Labute approximate surface area is 149 Å². The number of hydrogen-bond donors (Lipinski definition) is 0. The zero-order valence-corrected chi connectivity index (χ0v) is 15.4. The number of halogens is 2. The summed E-state index contributed by atoms with van der Waals surface area (Å²) in [6, 6.07) is 0. The molecule has 0 unspecified atom stereocenters. The smallest absolute Gasteiger partial charge is 0.269 e. The number of ether oxygens (including phenoxy) is 3. The molecule has 1 rings (SSSR count). The summed E-state index contributed by atoms with van der Waals surface area (Å²) in [5, 5.41) is 3.33. The Hall–Kier alpha value is -0.970. The summed E-state index contributed by atoms with van der Waals surface area (Å²) in [6.07, 6.45) is 0. The summed E-state index contributed by atoms with van der Waals surface area (Å²) in [6.45, 7) is 2.64. The second-order valence-corrected chi connectivity index (χ2v) is 5.77. The van der Waals surface area contributed by atoms with Crippen LogP contribution >= 0.6 is 31.9 Å². The summed E-state index contributed by atoms with van der Waals surface area (Å²) < 4.78 is 16.2. The van der Waals surface area contributed by atoms with Gasteiger partial charge in [0.1, 0.15) is 8.96 Å². The average Bonchev–Trinajstić information content (AvgIpc) is 2.73. The number of hydrogen-bond acceptors (Lipinski definition) is 6. The molecule has 0 aromatic carbocycles. The second-order valence-electron chi connectivity index (χ2n) is 4.18. The van der Waals surface area contributed by atoms with Gasteiger partial charge in [0.15, 0.2) is 0 Å². The highest BCUT2D eigenvalue weighted by Gasteiger charge is 2.35. The predicted octanol–water partition coefficient (Wildman–Crippen LogP) is 1.72. The van der Waals surface area contributed by atoms with Crippen molar-refractivity contribution in [1.29, 1.82) is 0 Å². The molecule has 0 saturated carbocycles. The van der Waals surface area contributed by atoms with Crippen LogP contribution in [0.15, 0.2) is 14.1 Å². The molecule has 0 N–H and O–H groups in total. The molecule has 1 heterocycles. The molecule has 0 aliphatic carbocycles. The lowest BCUT2D eigenvalue weighted by atomic mass is 10.5. The Bertz CT molecular complexity index is 484. The molecule has 2 amide bonds. The highest BCUT2D eigenvalue weighted by Crippen LogP contribution is 2.28. The lowest BCUT2D eigenvalue weighted by Gasteiger charge is -2.14. The molecular weight excluding hydrogens is 440 g/mol. The van der Waals surface area contributed by atoms with E-state index in [1.807, 2.05) is 0 Å². The van der Waals surface area contributed by atoms with Crippen LogP contribution in [-0.2, 0) is 23.8 Å². The van der Waals surface area contributed by atoms with Crippen LogP contribution < -0.4 is 0 Å². The number of nitrogens with zero attached hydrogens (tertiary/aromatic N) is 4. The molecule has 9 nitrogen and oxygen atoms in total. The van der Waals surface area contributed by atoms with Crippen LogP contribution in [0, 0.1) is 0 Å². The fourth-order valence-electron chi connectivity index (χ4n) is 1.57. The summed E-state index contributed by atoms with van der Waals surface area (Å²) in [5.74, 6) is -0.751. The zero-order valence-electron chi connectivity index (χ0n) is 12.2. The molecule has 0 spiro atoms. The van der Waals surface area contributed by atoms with E-state index >= 15 is 0 Å². The number of amides is 2. The van der Waals surface area contributed by atoms with Crippen molar-refractivity contribution in [1.82, 2.24) is 4.90 Å². The van der Waals surface area contributed by atoms with Gasteiger partial charge in [0, 0.05) is 11.5 Å². The molecule has 0 atom stereocenters. The van der Waals surface area contributed by atoms with Gasteiger partial charge in [0.25, 0.3) is 11.8 Å². The van der Waals surface area contributed by atoms with Crippen LogP contribution in [0.2, 0.25) is 0 Å². The van der Waals surface area contributed by atoms with Crippen LogP contribution in [0.25, 0.3) is 10.4 Å². The van der Waals surface area contributed by atoms with E-state index in [1.54, 1.807) is 0 Å². The van der Waals surface area contributed by atoms with Gasteiger partial charge in [0.05, 0.1) is 46.2 Å². The fourth-order valence-corrected chi connectivity index (χ4v) is 2.34. The molecule has 1 aliphatic rings. The SMILES string of the molecule is [N-]=[N+]=NCCOCCOCCOCCN1C(=O)C(Br)=C(Br)C1=O. The molecule has 0 aromatic heterocycles. The third-order valence-electron chi connectivity index (χ3n) is 2.66. The Morgan fingerprint density at radius 3 is 1.91 bits per heavy atom. The van der Waals surface area contributed by atoms with Crippen LogP contribution in [0.5, 0.6) is 0 Å². The first-order valence-electron chi connectivity index (χ1n) is 6.75. The van der Waals surface area contributed by atoms with Crippen molar-refractivity contribution in [3.63, 3.8) is 0 Å². The molecule has 1 aliphatic heterocycles. The summed E-state index contributed by atoms with van der Waals surface area (Å²) in [7, 11) is 0. The largest absolute Gasteiger partial charge is 0.379 e. The van der Waals surface area contributed by atoms with E-state index in [4.69, 9.17) is 19.7 Å². The van der Waals surface area contributed by atoms with Gasteiger partial charge in [-0.05, 0) is 37.4 Å². The quantitative estimate of drug-likeness (QED) is 0.146. The summed E-state index contributed by atoms with van der Waals surface area (Å²) >= 11 is 6.10. The van der Waals surface area contributed by atoms with Crippen LogP contribution in [-0.4, -0.2) is 69.4 Å². The first kappa shape index (κ1) is 20.1. The van der Waals surface area contributed by atoms with Gasteiger partial charge in [-0.25, -0.2) is 0 Å². The van der Waals surface area contributed by atoms with E-state index in [-0.39, 0.29) is 33.9 Å². The van der Waals surface area contributed by atoms with E-state index in [0.29, 0.717) is 39.6 Å². The van der Waals surface area contributed by atoms with Gasteiger partial charge in [-0.15, -0.1) is 0 Å². The minimum Gasteiger partial charge on any atom is -0.379 e. The molecule has 128 valence electrons. The molecular formula is C12H16Br2N4O5. The van der Waals surface area contributed by atoms with Crippen LogP contribution in [0.1, 0.15) is 0 Å². The second kappa shape index (κ2) is 11.5. The molecule has 23 heavy (non-hydrogen) atoms. The van der Waals surface area contributed by atoms with Gasteiger partial charge < -0.3 is 14.2 Å². The number of azide groups is 1. The third kappa shape index (κ3) is 6.98. The van der Waals surface area contributed by atoms with E-state index < -0.39 is 0 Å². The van der Waals surface area contributed by atoms with Crippen molar-refractivity contribution >= 4 is 43.7 Å². The monoisotopic (exact) mass is 454 g/mol. The number of carbonyl (C=O) groups excluding carboxylic acids is 2. The van der Waals surface area contributed by atoms with Crippen molar-refractivity contribution in [2.45, 2.75) is 0 Å². The number of rotatable bonds is 12. The molecule has 0 saturated heterocycles. The normalized spacial score (nSPS) is 14.6. The van der Waals surface area contributed by atoms with E-state index in [1.165, 1.54) is 0 Å². The maximum atomic E-state index is 11.7. The first-order valence-corrected chi connectivity index (χ1v) is 8.33. The van der Waals surface area contributed by atoms with Gasteiger partial charge >= 0.3 is 0 Å². The van der Waals surface area contributed by atoms with E-state index in [2.05, 4.69) is 41.9 Å². The Kier molecular flexibility index (Phi) is 10.1. The van der Waals surface area contributed by atoms with Crippen LogP contribution in [0.4, 0.5) is 0 Å². The zero-order chi connectivity index (χ0) is 17.1. The Balaban J connectivity index is 1.96. The third-order valence-corrected chi connectivity index (χ3v) is 4.66. The lowest BCUT2D eigenvalue weighted by Crippen LogP contribution is -2.34. The summed E-state index contributed by atoms with van der Waals surface area (Å²) in [5.41, 5.74) is 8.05. The highest BCUT2D eigenvalue weighted by atomic mass is 79.9. The van der Waals surface area contributed by atoms with Crippen molar-refractivity contribution in [3.05, 3.63) is 19.4 Å². The van der Waals surface area contributed by atoms with Gasteiger partial charge in [0.2, 0.25) is 0 Å². The van der Waals surface area contributed by atoms with Crippen LogP contribution in [0.3, 0.4) is 0 Å². The first-order chi connectivity index (χ1) is 11.1. The van der Waals surface area contributed by atoms with E-state index in [0.717, 1.165) is 4.90 Å². The van der Waals surface area contributed by atoms with Crippen molar-refractivity contribution in [2.24, 2.45) is 5.11 Å². The number of imide groups is 1. The molecule has 0 radical (unpaired) electrons. The van der Waals surface area contributed by atoms with Gasteiger partial charge in [-0.2, -0.15) is 0 Å². The highest BCUT2D eigenvalue weighted by molar-refractivity contribution is 9.14. The number of carbonyl (C=O) groups is 2.